The van der Waals surface area contributed by atoms with Gasteiger partial charge in [-0.05, 0) is 55.3 Å². The van der Waals surface area contributed by atoms with Crippen molar-refractivity contribution in [3.8, 4) is 5.75 Å². The largest absolute Gasteiger partial charge is 0.413 e. The molecule has 0 aromatic heterocycles. The lowest BCUT2D eigenvalue weighted by Crippen LogP contribution is -2.56. The van der Waals surface area contributed by atoms with Crippen molar-refractivity contribution in [3.63, 3.8) is 0 Å². The van der Waals surface area contributed by atoms with Crippen LogP contribution in [0.15, 0.2) is 42.5 Å². The van der Waals surface area contributed by atoms with E-state index in [1.807, 2.05) is 6.07 Å². The highest BCUT2D eigenvalue weighted by molar-refractivity contribution is 6.31. The molecular weight excluding hydrogens is 387 g/mol. The van der Waals surface area contributed by atoms with Crippen LogP contribution in [0, 0.1) is 0 Å². The van der Waals surface area contributed by atoms with Crippen LogP contribution in [0.3, 0.4) is 0 Å². The van der Waals surface area contributed by atoms with Crippen molar-refractivity contribution in [2.75, 3.05) is 19.6 Å². The van der Waals surface area contributed by atoms with E-state index in [1.54, 1.807) is 36.4 Å². The monoisotopic (exact) mass is 404 g/mol. The number of piperidine rings is 1. The third kappa shape index (κ3) is 3.68. The van der Waals surface area contributed by atoms with E-state index in [4.69, 9.17) is 27.9 Å². The molecule has 2 aliphatic heterocycles. The standard InChI is InChI=1S/C20H18Cl2N2O3/c21-14-3-1-13(2-4-14)17(25)12-24-9-7-20(8-10-24)16-11-15(22)5-6-18(16)27-19(26)23-20/h1-6,11H,7-10,12H2,(H,23,26). The zero-order chi connectivity index (χ0) is 19.0. The van der Waals surface area contributed by atoms with E-state index in [-0.39, 0.29) is 5.78 Å². The molecule has 27 heavy (non-hydrogen) atoms. The number of carbonyl (C=O) groups excluding carboxylic acids is 2. The molecule has 2 heterocycles. The highest BCUT2D eigenvalue weighted by Crippen LogP contribution is 2.42. The van der Waals surface area contributed by atoms with Gasteiger partial charge in [-0.2, -0.15) is 0 Å². The number of rotatable bonds is 3. The van der Waals surface area contributed by atoms with E-state index >= 15 is 0 Å². The molecule has 1 spiro atoms. The number of ketones is 1. The third-order valence-electron chi connectivity index (χ3n) is 5.24. The second-order valence-electron chi connectivity index (χ2n) is 6.94. The smallest absolute Gasteiger partial charge is 0.410 e. The minimum absolute atomic E-state index is 0.0575. The summed E-state index contributed by atoms with van der Waals surface area (Å²) < 4.78 is 5.29. The molecule has 2 aromatic carbocycles. The summed E-state index contributed by atoms with van der Waals surface area (Å²) in [6.45, 7) is 1.71. The van der Waals surface area contributed by atoms with Crippen LogP contribution in [0.5, 0.6) is 5.75 Å². The fourth-order valence-corrected chi connectivity index (χ4v) is 4.07. The average molecular weight is 405 g/mol. The Kier molecular flexibility index (Phi) is 4.84. The van der Waals surface area contributed by atoms with Gasteiger partial charge in [0.05, 0.1) is 12.1 Å². The molecule has 4 rings (SSSR count). The van der Waals surface area contributed by atoms with Gasteiger partial charge in [0.2, 0.25) is 0 Å². The number of ether oxygens (including phenoxy) is 1. The van der Waals surface area contributed by atoms with Gasteiger partial charge in [-0.1, -0.05) is 23.2 Å². The van der Waals surface area contributed by atoms with Gasteiger partial charge in [0.1, 0.15) is 5.75 Å². The van der Waals surface area contributed by atoms with Crippen LogP contribution in [-0.4, -0.2) is 36.4 Å². The van der Waals surface area contributed by atoms with Crippen LogP contribution >= 0.6 is 23.2 Å². The van der Waals surface area contributed by atoms with Gasteiger partial charge in [-0.3, -0.25) is 9.69 Å². The number of hydrogen-bond donors (Lipinski definition) is 1. The first kappa shape index (κ1) is 18.3. The first-order valence-corrected chi connectivity index (χ1v) is 9.52. The molecule has 1 N–H and O–H groups in total. The van der Waals surface area contributed by atoms with Gasteiger partial charge in [0, 0.05) is 34.3 Å². The SMILES string of the molecule is O=C1NC2(CCN(CC(=O)c3ccc(Cl)cc3)CC2)c2cc(Cl)ccc2O1. The number of carbonyl (C=O) groups is 2. The highest BCUT2D eigenvalue weighted by Gasteiger charge is 2.43. The van der Waals surface area contributed by atoms with Crippen molar-refractivity contribution in [3.05, 3.63) is 63.6 Å². The van der Waals surface area contributed by atoms with Crippen LogP contribution < -0.4 is 10.1 Å². The Morgan fingerprint density at radius 3 is 2.44 bits per heavy atom. The summed E-state index contributed by atoms with van der Waals surface area (Å²) in [6, 6.07) is 12.2. The molecule has 0 aliphatic carbocycles. The number of hydrogen-bond acceptors (Lipinski definition) is 4. The summed E-state index contributed by atoms with van der Waals surface area (Å²) >= 11 is 12.0. The van der Waals surface area contributed by atoms with Crippen molar-refractivity contribution < 1.29 is 14.3 Å². The minimum Gasteiger partial charge on any atom is -0.410 e. The predicted molar refractivity (Wildman–Crippen MR) is 104 cm³/mol. The van der Waals surface area contributed by atoms with Gasteiger partial charge in [0.25, 0.3) is 0 Å². The maximum Gasteiger partial charge on any atom is 0.413 e. The van der Waals surface area contributed by atoms with Crippen molar-refractivity contribution in [1.29, 1.82) is 0 Å². The molecule has 0 saturated carbocycles. The molecule has 1 fully saturated rings. The van der Waals surface area contributed by atoms with E-state index < -0.39 is 11.6 Å². The number of amides is 1. The summed E-state index contributed by atoms with van der Waals surface area (Å²) in [7, 11) is 0. The molecular formula is C20H18Cl2N2O3. The summed E-state index contributed by atoms with van der Waals surface area (Å²) in [5.74, 6) is 0.607. The first-order chi connectivity index (χ1) is 12.9. The van der Waals surface area contributed by atoms with E-state index in [0.717, 1.165) is 5.56 Å². The number of likely N-dealkylation sites (tertiary alicyclic amines) is 1. The lowest BCUT2D eigenvalue weighted by atomic mass is 9.79. The second kappa shape index (κ2) is 7.15. The number of Topliss-reactive ketones (excluding diaryl/α,β-unsaturated/α-hetero) is 1. The Hall–Kier alpha value is -2.08. The molecule has 0 bridgehead atoms. The quantitative estimate of drug-likeness (QED) is 0.775. The molecule has 0 unspecified atom stereocenters. The number of halogens is 2. The molecule has 1 amide bonds. The molecule has 0 radical (unpaired) electrons. The second-order valence-corrected chi connectivity index (χ2v) is 7.82. The molecule has 5 nitrogen and oxygen atoms in total. The van der Waals surface area contributed by atoms with E-state index in [0.29, 0.717) is 53.8 Å². The van der Waals surface area contributed by atoms with Crippen molar-refractivity contribution in [1.82, 2.24) is 10.2 Å². The molecule has 2 aromatic rings. The molecule has 140 valence electrons. The molecule has 0 atom stereocenters. The maximum atomic E-state index is 12.5. The van der Waals surface area contributed by atoms with Crippen LogP contribution in [0.1, 0.15) is 28.8 Å². The van der Waals surface area contributed by atoms with Crippen LogP contribution in [-0.2, 0) is 5.54 Å². The van der Waals surface area contributed by atoms with Crippen molar-refractivity contribution in [2.45, 2.75) is 18.4 Å². The van der Waals surface area contributed by atoms with Gasteiger partial charge in [0.15, 0.2) is 5.78 Å². The summed E-state index contributed by atoms with van der Waals surface area (Å²) in [4.78, 5) is 26.6. The fraction of sp³-hybridized carbons (Fsp3) is 0.300. The maximum absolute atomic E-state index is 12.5. The lowest BCUT2D eigenvalue weighted by molar-refractivity contribution is 0.0823. The van der Waals surface area contributed by atoms with Crippen LogP contribution in [0.2, 0.25) is 10.0 Å². The van der Waals surface area contributed by atoms with E-state index in [2.05, 4.69) is 10.2 Å². The normalized spacial score (nSPS) is 18.5. The summed E-state index contributed by atoms with van der Waals surface area (Å²) in [5, 5.41) is 4.20. The Morgan fingerprint density at radius 1 is 1.07 bits per heavy atom. The Bertz CT molecular complexity index is 891. The fourth-order valence-electron chi connectivity index (χ4n) is 3.77. The topological polar surface area (TPSA) is 58.6 Å². The lowest BCUT2D eigenvalue weighted by Gasteiger charge is -2.44. The van der Waals surface area contributed by atoms with Gasteiger partial charge in [-0.15, -0.1) is 0 Å². The molecule has 2 aliphatic rings. The number of nitrogens with one attached hydrogen (secondary N) is 1. The van der Waals surface area contributed by atoms with Gasteiger partial charge >= 0.3 is 6.09 Å². The van der Waals surface area contributed by atoms with Gasteiger partial charge < -0.3 is 10.1 Å². The highest BCUT2D eigenvalue weighted by atomic mass is 35.5. The molecule has 1 saturated heterocycles. The number of benzene rings is 2. The van der Waals surface area contributed by atoms with E-state index in [9.17, 15) is 9.59 Å². The minimum atomic E-state index is -0.505. The van der Waals surface area contributed by atoms with Crippen molar-refractivity contribution in [2.24, 2.45) is 0 Å². The number of nitrogens with zero attached hydrogens (tertiary/aromatic N) is 1. The summed E-state index contributed by atoms with van der Waals surface area (Å²) in [6.07, 6.45) is 0.919. The third-order valence-corrected chi connectivity index (χ3v) is 5.73. The molecule has 7 heteroatoms. The van der Waals surface area contributed by atoms with Crippen molar-refractivity contribution >= 4 is 35.1 Å². The Balaban J connectivity index is 1.47. The number of fused-ring (bicyclic) bond motifs is 2. The Labute approximate surface area is 167 Å². The van der Waals surface area contributed by atoms with Gasteiger partial charge in [-0.25, -0.2) is 4.79 Å². The van der Waals surface area contributed by atoms with Crippen LogP contribution in [0.25, 0.3) is 0 Å². The summed E-state index contributed by atoms with van der Waals surface area (Å²) in [5.41, 5.74) is 1.05. The predicted octanol–water partition coefficient (Wildman–Crippen LogP) is 4.27. The first-order valence-electron chi connectivity index (χ1n) is 8.76. The zero-order valence-electron chi connectivity index (χ0n) is 14.5. The Morgan fingerprint density at radius 2 is 1.74 bits per heavy atom. The van der Waals surface area contributed by atoms with E-state index in [1.165, 1.54) is 0 Å². The van der Waals surface area contributed by atoms with Crippen LogP contribution in [0.4, 0.5) is 4.79 Å². The zero-order valence-corrected chi connectivity index (χ0v) is 16.0. The average Bonchev–Trinajstić information content (AvgIpc) is 2.65.